The molecular weight excluding hydrogens is 481 g/mol. The Hall–Kier alpha value is -3.98. The Balaban J connectivity index is 1.54. The predicted molar refractivity (Wildman–Crippen MR) is 138 cm³/mol. The standard InChI is InChI=1S/C27H26FN3O4S/c1-34-22-11-5-19(6-12-22)16-30-24(15-25(32)29-21-9-13-23(35-2)14-10-21)26(33)31(27(30)36)17-18-3-7-20(28)8-4-18/h3-14,24H,15-17H2,1-2H3,(H,29,32)/t24-/m1/s1. The molecule has 1 fully saturated rings. The average Bonchev–Trinajstić information content (AvgIpc) is 3.10. The van der Waals surface area contributed by atoms with Gasteiger partial charge in [0.15, 0.2) is 5.11 Å². The van der Waals surface area contributed by atoms with Crippen molar-refractivity contribution in [3.05, 3.63) is 89.7 Å². The molecule has 1 saturated heterocycles. The minimum absolute atomic E-state index is 0.0823. The van der Waals surface area contributed by atoms with Crippen LogP contribution in [0.3, 0.4) is 0 Å². The maximum Gasteiger partial charge on any atom is 0.252 e. The molecule has 1 N–H and O–H groups in total. The van der Waals surface area contributed by atoms with Crippen LogP contribution in [0, 0.1) is 5.82 Å². The number of rotatable bonds is 9. The van der Waals surface area contributed by atoms with Gasteiger partial charge < -0.3 is 19.7 Å². The molecule has 36 heavy (non-hydrogen) atoms. The molecule has 0 aliphatic carbocycles. The highest BCUT2D eigenvalue weighted by Gasteiger charge is 2.43. The highest BCUT2D eigenvalue weighted by molar-refractivity contribution is 7.80. The highest BCUT2D eigenvalue weighted by Crippen LogP contribution is 2.26. The van der Waals surface area contributed by atoms with Gasteiger partial charge in [0.25, 0.3) is 5.91 Å². The van der Waals surface area contributed by atoms with E-state index in [4.69, 9.17) is 21.7 Å². The molecule has 186 valence electrons. The Labute approximate surface area is 214 Å². The van der Waals surface area contributed by atoms with Crippen LogP contribution in [0.4, 0.5) is 10.1 Å². The first-order valence-electron chi connectivity index (χ1n) is 11.3. The summed E-state index contributed by atoms with van der Waals surface area (Å²) in [6.45, 7) is 0.530. The second-order valence-electron chi connectivity index (χ2n) is 8.31. The monoisotopic (exact) mass is 507 g/mol. The molecule has 0 radical (unpaired) electrons. The van der Waals surface area contributed by atoms with Crippen molar-refractivity contribution >= 4 is 34.8 Å². The maximum absolute atomic E-state index is 13.5. The number of benzene rings is 3. The second kappa shape index (κ2) is 11.2. The van der Waals surface area contributed by atoms with E-state index in [1.807, 2.05) is 24.3 Å². The Morgan fingerprint density at radius 3 is 2.00 bits per heavy atom. The topological polar surface area (TPSA) is 71.1 Å². The SMILES string of the molecule is COc1ccc(CN2C(=S)N(Cc3ccc(F)cc3)C(=O)[C@H]2CC(=O)Nc2ccc(OC)cc2)cc1. The van der Waals surface area contributed by atoms with Crippen LogP contribution in [-0.2, 0) is 22.7 Å². The minimum Gasteiger partial charge on any atom is -0.497 e. The van der Waals surface area contributed by atoms with Gasteiger partial charge in [-0.25, -0.2) is 4.39 Å². The van der Waals surface area contributed by atoms with Crippen molar-refractivity contribution in [2.75, 3.05) is 19.5 Å². The third kappa shape index (κ3) is 5.80. The first-order chi connectivity index (χ1) is 17.4. The number of amides is 2. The summed E-state index contributed by atoms with van der Waals surface area (Å²) in [5, 5.41) is 3.15. The van der Waals surface area contributed by atoms with E-state index in [-0.39, 0.29) is 30.6 Å². The smallest absolute Gasteiger partial charge is 0.252 e. The molecule has 4 rings (SSSR count). The van der Waals surface area contributed by atoms with Gasteiger partial charge in [0.2, 0.25) is 5.91 Å². The lowest BCUT2D eigenvalue weighted by molar-refractivity contribution is -0.131. The van der Waals surface area contributed by atoms with E-state index in [1.54, 1.807) is 55.5 Å². The fourth-order valence-corrected chi connectivity index (χ4v) is 4.33. The van der Waals surface area contributed by atoms with Crippen molar-refractivity contribution in [2.24, 2.45) is 0 Å². The van der Waals surface area contributed by atoms with Crippen LogP contribution in [-0.4, -0.2) is 47.0 Å². The molecule has 0 saturated carbocycles. The summed E-state index contributed by atoms with van der Waals surface area (Å²) >= 11 is 5.69. The highest BCUT2D eigenvalue weighted by atomic mass is 32.1. The number of hydrogen-bond acceptors (Lipinski definition) is 5. The summed E-state index contributed by atoms with van der Waals surface area (Å²) in [4.78, 5) is 29.6. The first kappa shape index (κ1) is 25.1. The van der Waals surface area contributed by atoms with Gasteiger partial charge in [-0.1, -0.05) is 24.3 Å². The predicted octanol–water partition coefficient (Wildman–Crippen LogP) is 4.37. The molecule has 9 heteroatoms. The number of halogens is 1. The van der Waals surface area contributed by atoms with E-state index in [2.05, 4.69) is 5.32 Å². The zero-order valence-electron chi connectivity index (χ0n) is 19.9. The van der Waals surface area contributed by atoms with Crippen molar-refractivity contribution in [3.63, 3.8) is 0 Å². The van der Waals surface area contributed by atoms with E-state index in [9.17, 15) is 14.0 Å². The summed E-state index contributed by atoms with van der Waals surface area (Å²) in [7, 11) is 3.16. The average molecular weight is 508 g/mol. The molecule has 3 aromatic rings. The van der Waals surface area contributed by atoms with Gasteiger partial charge in [0.1, 0.15) is 23.4 Å². The second-order valence-corrected chi connectivity index (χ2v) is 8.67. The molecular formula is C27H26FN3O4S. The van der Waals surface area contributed by atoms with Crippen LogP contribution in [0.2, 0.25) is 0 Å². The Kier molecular flexibility index (Phi) is 7.80. The van der Waals surface area contributed by atoms with E-state index < -0.39 is 6.04 Å². The van der Waals surface area contributed by atoms with E-state index in [0.717, 1.165) is 11.1 Å². The number of hydrogen-bond donors (Lipinski definition) is 1. The summed E-state index contributed by atoms with van der Waals surface area (Å²) in [5.41, 5.74) is 2.24. The van der Waals surface area contributed by atoms with Crippen LogP contribution in [0.15, 0.2) is 72.8 Å². The van der Waals surface area contributed by atoms with Crippen molar-refractivity contribution in [1.82, 2.24) is 9.80 Å². The van der Waals surface area contributed by atoms with Crippen LogP contribution >= 0.6 is 12.2 Å². The van der Waals surface area contributed by atoms with Gasteiger partial charge in [-0.2, -0.15) is 0 Å². The molecule has 0 spiro atoms. The number of carbonyl (C=O) groups is 2. The van der Waals surface area contributed by atoms with Crippen LogP contribution in [0.25, 0.3) is 0 Å². The van der Waals surface area contributed by atoms with Gasteiger partial charge in [-0.15, -0.1) is 0 Å². The van der Waals surface area contributed by atoms with E-state index >= 15 is 0 Å². The first-order valence-corrected chi connectivity index (χ1v) is 11.7. The number of nitrogens with zero attached hydrogens (tertiary/aromatic N) is 2. The number of ether oxygens (including phenoxy) is 2. The largest absolute Gasteiger partial charge is 0.497 e. The van der Waals surface area contributed by atoms with Gasteiger partial charge in [0, 0.05) is 12.2 Å². The zero-order chi connectivity index (χ0) is 25.7. The van der Waals surface area contributed by atoms with Gasteiger partial charge >= 0.3 is 0 Å². The summed E-state index contributed by atoms with van der Waals surface area (Å²) in [6, 6.07) is 19.5. The molecule has 0 unspecified atom stereocenters. The quantitative estimate of drug-likeness (QED) is 0.434. The van der Waals surface area contributed by atoms with E-state index in [1.165, 1.54) is 17.0 Å². The summed E-state index contributed by atoms with van der Waals surface area (Å²) in [5.74, 6) is 0.439. The van der Waals surface area contributed by atoms with Crippen LogP contribution < -0.4 is 14.8 Å². The van der Waals surface area contributed by atoms with Gasteiger partial charge in [0.05, 0.1) is 27.2 Å². The van der Waals surface area contributed by atoms with E-state index in [0.29, 0.717) is 28.8 Å². The molecule has 1 aliphatic heterocycles. The number of thiocarbonyl (C=S) groups is 1. The summed E-state index contributed by atoms with van der Waals surface area (Å²) in [6.07, 6.45) is -0.0823. The van der Waals surface area contributed by atoms with Crippen molar-refractivity contribution < 1.29 is 23.5 Å². The fraction of sp³-hybridized carbons (Fsp3) is 0.222. The summed E-state index contributed by atoms with van der Waals surface area (Å²) < 4.78 is 23.7. The Bertz CT molecular complexity index is 1230. The number of carbonyl (C=O) groups excluding carboxylic acids is 2. The van der Waals surface area contributed by atoms with Crippen molar-refractivity contribution in [2.45, 2.75) is 25.6 Å². The van der Waals surface area contributed by atoms with Crippen molar-refractivity contribution in [1.29, 1.82) is 0 Å². The Morgan fingerprint density at radius 2 is 1.42 bits per heavy atom. The van der Waals surface area contributed by atoms with Crippen LogP contribution in [0.5, 0.6) is 11.5 Å². The lowest BCUT2D eigenvalue weighted by atomic mass is 10.1. The third-order valence-corrected chi connectivity index (χ3v) is 6.38. The molecule has 1 aliphatic rings. The molecule has 7 nitrogen and oxygen atoms in total. The molecule has 0 bridgehead atoms. The third-order valence-electron chi connectivity index (χ3n) is 5.92. The number of methoxy groups -OCH3 is 2. The lowest BCUT2D eigenvalue weighted by Crippen LogP contribution is -2.37. The maximum atomic E-state index is 13.5. The zero-order valence-corrected chi connectivity index (χ0v) is 20.8. The molecule has 2 amide bonds. The molecule has 1 atom stereocenters. The van der Waals surface area contributed by atoms with Gasteiger partial charge in [-0.05, 0) is 71.9 Å². The molecule has 0 aromatic heterocycles. The normalized spacial score (nSPS) is 15.2. The van der Waals surface area contributed by atoms with Crippen molar-refractivity contribution in [3.8, 4) is 11.5 Å². The Morgan fingerprint density at radius 1 is 0.889 bits per heavy atom. The van der Waals surface area contributed by atoms with Crippen LogP contribution in [0.1, 0.15) is 17.5 Å². The molecule has 1 heterocycles. The van der Waals surface area contributed by atoms with Gasteiger partial charge in [-0.3, -0.25) is 14.5 Å². The number of nitrogens with one attached hydrogen (secondary N) is 1. The fourth-order valence-electron chi connectivity index (χ4n) is 3.98. The minimum atomic E-state index is -0.779. The molecule has 3 aromatic carbocycles. The lowest BCUT2D eigenvalue weighted by Gasteiger charge is -2.24. The number of anilines is 1.